The van der Waals surface area contributed by atoms with Gasteiger partial charge in [-0.1, -0.05) is 18.5 Å². The molecule has 5 heteroatoms. The summed E-state index contributed by atoms with van der Waals surface area (Å²) in [5.74, 6) is 0.890. The first-order valence-electron chi connectivity index (χ1n) is 6.61. The van der Waals surface area contributed by atoms with E-state index in [1.165, 1.54) is 0 Å². The number of hydrogen-bond acceptors (Lipinski definition) is 3. The third-order valence-corrected chi connectivity index (χ3v) is 4.33. The molecule has 2 rings (SSSR count). The van der Waals surface area contributed by atoms with Crippen molar-refractivity contribution < 1.29 is 19.4 Å². The van der Waals surface area contributed by atoms with Crippen LogP contribution in [0.15, 0.2) is 12.1 Å². The highest BCUT2D eigenvalue weighted by molar-refractivity contribution is 6.31. The quantitative estimate of drug-likeness (QED) is 0.876. The molecule has 0 amide bonds. The Morgan fingerprint density at radius 2 is 2.00 bits per heavy atom. The first-order valence-corrected chi connectivity index (χ1v) is 6.99. The van der Waals surface area contributed by atoms with E-state index in [1.54, 1.807) is 20.3 Å². The van der Waals surface area contributed by atoms with Crippen LogP contribution in [0.5, 0.6) is 11.5 Å². The Labute approximate surface area is 123 Å². The van der Waals surface area contributed by atoms with Crippen LogP contribution in [0, 0.1) is 17.8 Å². The molecule has 0 heterocycles. The summed E-state index contributed by atoms with van der Waals surface area (Å²) in [5, 5.41) is 9.61. The average molecular weight is 299 g/mol. The second-order valence-electron chi connectivity index (χ2n) is 5.32. The summed E-state index contributed by atoms with van der Waals surface area (Å²) >= 11 is 6.25. The zero-order chi connectivity index (χ0) is 14.9. The van der Waals surface area contributed by atoms with Gasteiger partial charge < -0.3 is 14.6 Å². The fourth-order valence-electron chi connectivity index (χ4n) is 2.68. The topological polar surface area (TPSA) is 55.8 Å². The van der Waals surface area contributed by atoms with Crippen LogP contribution >= 0.6 is 11.6 Å². The molecule has 0 saturated heterocycles. The molecule has 0 aromatic heterocycles. The van der Waals surface area contributed by atoms with Gasteiger partial charge in [-0.2, -0.15) is 0 Å². The highest BCUT2D eigenvalue weighted by Gasteiger charge is 2.46. The molecule has 1 fully saturated rings. The first-order chi connectivity index (χ1) is 9.47. The van der Waals surface area contributed by atoms with Gasteiger partial charge in [0.25, 0.3) is 0 Å². The highest BCUT2D eigenvalue weighted by atomic mass is 35.5. The largest absolute Gasteiger partial charge is 0.493 e. The van der Waals surface area contributed by atoms with Gasteiger partial charge in [-0.3, -0.25) is 4.79 Å². The average Bonchev–Trinajstić information content (AvgIpc) is 3.20. The standard InChI is InChI=1S/C15H19ClO4/c1-8(10-6-11(10)15(17)18)4-9-5-13(19-2)14(20-3)7-12(9)16/h5,7-8,10-11H,4,6H2,1-3H3,(H,17,18). The zero-order valence-corrected chi connectivity index (χ0v) is 12.6. The summed E-state index contributed by atoms with van der Waals surface area (Å²) in [4.78, 5) is 10.9. The summed E-state index contributed by atoms with van der Waals surface area (Å²) in [5.41, 5.74) is 0.966. The number of carboxylic acids is 1. The lowest BCUT2D eigenvalue weighted by molar-refractivity contribution is -0.139. The van der Waals surface area contributed by atoms with Crippen molar-refractivity contribution in [1.82, 2.24) is 0 Å². The molecule has 3 atom stereocenters. The number of hydrogen-bond donors (Lipinski definition) is 1. The number of methoxy groups -OCH3 is 2. The Hall–Kier alpha value is -1.42. The van der Waals surface area contributed by atoms with E-state index < -0.39 is 5.97 Å². The van der Waals surface area contributed by atoms with Gasteiger partial charge in [-0.25, -0.2) is 0 Å². The molecule has 0 spiro atoms. The summed E-state index contributed by atoms with van der Waals surface area (Å²) in [6.07, 6.45) is 1.51. The smallest absolute Gasteiger partial charge is 0.306 e. The van der Waals surface area contributed by atoms with Crippen molar-refractivity contribution >= 4 is 17.6 Å². The van der Waals surface area contributed by atoms with Gasteiger partial charge in [-0.15, -0.1) is 0 Å². The van der Waals surface area contributed by atoms with Gasteiger partial charge in [0, 0.05) is 11.1 Å². The number of halogens is 1. The summed E-state index contributed by atoms with van der Waals surface area (Å²) in [6.45, 7) is 2.07. The van der Waals surface area contributed by atoms with Crippen LogP contribution < -0.4 is 9.47 Å². The van der Waals surface area contributed by atoms with E-state index in [4.69, 9.17) is 26.2 Å². The SMILES string of the molecule is COc1cc(Cl)c(CC(C)C2CC2C(=O)O)cc1OC. The number of carboxylic acid groups (broad SMARTS) is 1. The summed E-state index contributed by atoms with van der Waals surface area (Å²) in [7, 11) is 3.15. The van der Waals surface area contributed by atoms with Gasteiger partial charge >= 0.3 is 5.97 Å². The fourth-order valence-corrected chi connectivity index (χ4v) is 2.91. The molecule has 3 unspecified atom stereocenters. The van der Waals surface area contributed by atoms with E-state index >= 15 is 0 Å². The molecule has 0 radical (unpaired) electrons. The van der Waals surface area contributed by atoms with Crippen molar-refractivity contribution in [3.8, 4) is 11.5 Å². The lowest BCUT2D eigenvalue weighted by Crippen LogP contribution is -2.08. The molecule has 4 nitrogen and oxygen atoms in total. The van der Waals surface area contributed by atoms with Crippen LogP contribution in [0.4, 0.5) is 0 Å². The van der Waals surface area contributed by atoms with Crippen LogP contribution in [0.3, 0.4) is 0 Å². The molecule has 1 aliphatic carbocycles. The van der Waals surface area contributed by atoms with Gasteiger partial charge in [0.05, 0.1) is 20.1 Å². The Balaban J connectivity index is 2.11. The van der Waals surface area contributed by atoms with Crippen molar-refractivity contribution in [3.05, 3.63) is 22.7 Å². The molecule has 20 heavy (non-hydrogen) atoms. The highest BCUT2D eigenvalue weighted by Crippen LogP contribution is 2.46. The van der Waals surface area contributed by atoms with Crippen LogP contribution in [0.1, 0.15) is 18.9 Å². The minimum atomic E-state index is -0.694. The fraction of sp³-hybridized carbons (Fsp3) is 0.533. The van der Waals surface area contributed by atoms with E-state index in [2.05, 4.69) is 6.92 Å². The number of benzene rings is 1. The van der Waals surface area contributed by atoms with Crippen molar-refractivity contribution in [2.45, 2.75) is 19.8 Å². The maximum atomic E-state index is 10.9. The van der Waals surface area contributed by atoms with Crippen LogP contribution in [0.25, 0.3) is 0 Å². The first kappa shape index (κ1) is 15.0. The zero-order valence-electron chi connectivity index (χ0n) is 11.9. The van der Waals surface area contributed by atoms with E-state index in [-0.39, 0.29) is 17.8 Å². The Kier molecular flexibility index (Phi) is 4.43. The molecule has 1 aliphatic rings. The second kappa shape index (κ2) is 5.92. The molecule has 1 N–H and O–H groups in total. The number of rotatable bonds is 6. The third kappa shape index (κ3) is 3.01. The van der Waals surface area contributed by atoms with Crippen LogP contribution in [0.2, 0.25) is 5.02 Å². The molecule has 1 aromatic rings. The molecule has 0 bridgehead atoms. The Bertz CT molecular complexity index is 515. The van der Waals surface area contributed by atoms with Crippen LogP contribution in [-0.2, 0) is 11.2 Å². The molecular formula is C15H19ClO4. The lowest BCUT2D eigenvalue weighted by Gasteiger charge is -2.15. The van der Waals surface area contributed by atoms with Crippen molar-refractivity contribution in [3.63, 3.8) is 0 Å². The van der Waals surface area contributed by atoms with Gasteiger partial charge in [0.1, 0.15) is 0 Å². The monoisotopic (exact) mass is 298 g/mol. The molecular weight excluding hydrogens is 280 g/mol. The number of ether oxygens (including phenoxy) is 2. The Morgan fingerprint density at radius 3 is 2.50 bits per heavy atom. The van der Waals surface area contributed by atoms with Crippen molar-refractivity contribution in [2.75, 3.05) is 14.2 Å². The van der Waals surface area contributed by atoms with Crippen molar-refractivity contribution in [2.24, 2.45) is 17.8 Å². The summed E-state index contributed by atoms with van der Waals surface area (Å²) < 4.78 is 10.5. The second-order valence-corrected chi connectivity index (χ2v) is 5.73. The van der Waals surface area contributed by atoms with E-state index in [0.29, 0.717) is 16.5 Å². The predicted molar refractivity (Wildman–Crippen MR) is 76.7 cm³/mol. The van der Waals surface area contributed by atoms with E-state index in [1.807, 2.05) is 6.07 Å². The molecule has 1 aromatic carbocycles. The van der Waals surface area contributed by atoms with Crippen molar-refractivity contribution in [1.29, 1.82) is 0 Å². The minimum absolute atomic E-state index is 0.191. The maximum Gasteiger partial charge on any atom is 0.306 e. The summed E-state index contributed by atoms with van der Waals surface area (Å²) in [6, 6.07) is 3.61. The van der Waals surface area contributed by atoms with E-state index in [0.717, 1.165) is 18.4 Å². The molecule has 1 saturated carbocycles. The lowest BCUT2D eigenvalue weighted by atomic mass is 9.95. The number of carbonyl (C=O) groups is 1. The molecule has 0 aliphatic heterocycles. The van der Waals surface area contributed by atoms with Gasteiger partial charge in [0.15, 0.2) is 11.5 Å². The molecule has 110 valence electrons. The normalized spacial score (nSPS) is 22.2. The van der Waals surface area contributed by atoms with Crippen LogP contribution in [-0.4, -0.2) is 25.3 Å². The Morgan fingerprint density at radius 1 is 1.40 bits per heavy atom. The maximum absolute atomic E-state index is 10.9. The third-order valence-electron chi connectivity index (χ3n) is 3.98. The van der Waals surface area contributed by atoms with E-state index in [9.17, 15) is 4.79 Å². The van der Waals surface area contributed by atoms with Gasteiger partial charge in [0.2, 0.25) is 0 Å². The minimum Gasteiger partial charge on any atom is -0.493 e. The number of aliphatic carboxylic acids is 1. The van der Waals surface area contributed by atoms with Gasteiger partial charge in [-0.05, 0) is 36.3 Å². The predicted octanol–water partition coefficient (Wildman–Crippen LogP) is 3.26.